The molecule has 0 aromatic heterocycles. The lowest BCUT2D eigenvalue weighted by Gasteiger charge is -2.30. The van der Waals surface area contributed by atoms with Crippen LogP contribution < -0.4 is 14.4 Å². The van der Waals surface area contributed by atoms with Crippen molar-refractivity contribution in [1.29, 1.82) is 0 Å². The highest BCUT2D eigenvalue weighted by atomic mass is 35.5. The van der Waals surface area contributed by atoms with Gasteiger partial charge in [0.2, 0.25) is 0 Å². The topological polar surface area (TPSA) is 38.8 Å². The number of nitrogens with zero attached hydrogens (tertiary/aromatic N) is 1. The first-order valence-corrected chi connectivity index (χ1v) is 7.67. The molecule has 132 valence electrons. The Balaban J connectivity index is 1.89. The average Bonchev–Trinajstić information content (AvgIpc) is 2.54. The Morgan fingerprint density at radius 2 is 1.92 bits per heavy atom. The molecular weight excluding hydrogens is 359 g/mol. The number of hydrogen-bond acceptors (Lipinski definition) is 3. The lowest BCUT2D eigenvalue weighted by Crippen LogP contribution is -2.41. The summed E-state index contributed by atoms with van der Waals surface area (Å²) in [6.07, 6.45) is -5.07. The first-order chi connectivity index (χ1) is 11.7. The summed E-state index contributed by atoms with van der Waals surface area (Å²) in [7, 11) is 1.61. The molecule has 1 heterocycles. The van der Waals surface area contributed by atoms with Crippen LogP contribution in [-0.4, -0.2) is 19.1 Å². The van der Waals surface area contributed by atoms with Gasteiger partial charge in [0.1, 0.15) is 17.2 Å². The summed E-state index contributed by atoms with van der Waals surface area (Å²) in [6.45, 7) is 1.65. The minimum absolute atomic E-state index is 0.0775. The van der Waals surface area contributed by atoms with Gasteiger partial charge in [-0.2, -0.15) is 13.2 Å². The lowest BCUT2D eigenvalue weighted by molar-refractivity contribution is -0.137. The van der Waals surface area contributed by atoms with E-state index in [0.717, 1.165) is 18.2 Å². The number of halogens is 4. The smallest absolute Gasteiger partial charge is 0.416 e. The number of ether oxygens (including phenoxy) is 2. The molecule has 2 aromatic rings. The number of rotatable bonds is 2. The van der Waals surface area contributed by atoms with Crippen molar-refractivity contribution in [2.45, 2.75) is 19.2 Å². The third kappa shape index (κ3) is 3.37. The molecule has 0 fully saturated rings. The Bertz CT molecular complexity index is 838. The van der Waals surface area contributed by atoms with Crippen LogP contribution in [0.15, 0.2) is 36.4 Å². The van der Waals surface area contributed by atoms with Gasteiger partial charge in [0.15, 0.2) is 6.10 Å². The van der Waals surface area contributed by atoms with Gasteiger partial charge in [0, 0.05) is 13.1 Å². The zero-order chi connectivity index (χ0) is 18.4. The monoisotopic (exact) mass is 371 g/mol. The van der Waals surface area contributed by atoms with Gasteiger partial charge in [-0.05, 0) is 37.3 Å². The molecule has 0 radical (unpaired) electrons. The molecule has 3 rings (SSSR count). The second-order valence-corrected chi connectivity index (χ2v) is 5.94. The van der Waals surface area contributed by atoms with Crippen LogP contribution in [0.1, 0.15) is 12.5 Å². The summed E-state index contributed by atoms with van der Waals surface area (Å²) in [5, 5.41) is -0.165. The molecule has 1 atom stereocenters. The molecule has 4 nitrogen and oxygen atoms in total. The third-order valence-corrected chi connectivity index (χ3v) is 4.06. The van der Waals surface area contributed by atoms with Crippen molar-refractivity contribution in [2.24, 2.45) is 0 Å². The highest BCUT2D eigenvalue weighted by Gasteiger charge is 2.31. The molecule has 0 saturated heterocycles. The van der Waals surface area contributed by atoms with Gasteiger partial charge in [0.05, 0.1) is 16.3 Å². The molecule has 2 aromatic carbocycles. The fourth-order valence-electron chi connectivity index (χ4n) is 2.44. The zero-order valence-electron chi connectivity index (χ0n) is 13.2. The largest absolute Gasteiger partial charge is 0.479 e. The van der Waals surface area contributed by atoms with Crippen LogP contribution >= 0.6 is 11.6 Å². The average molecular weight is 372 g/mol. The van der Waals surface area contributed by atoms with Gasteiger partial charge in [-0.1, -0.05) is 11.6 Å². The van der Waals surface area contributed by atoms with E-state index in [9.17, 15) is 18.0 Å². The summed E-state index contributed by atoms with van der Waals surface area (Å²) in [4.78, 5) is 13.4. The molecule has 0 spiro atoms. The second-order valence-electron chi connectivity index (χ2n) is 5.53. The number of anilines is 1. The quantitative estimate of drug-likeness (QED) is 0.754. The Morgan fingerprint density at radius 3 is 2.56 bits per heavy atom. The number of amides is 1. The van der Waals surface area contributed by atoms with E-state index < -0.39 is 17.8 Å². The van der Waals surface area contributed by atoms with E-state index in [1.54, 1.807) is 32.2 Å². The van der Waals surface area contributed by atoms with Crippen molar-refractivity contribution < 1.29 is 27.4 Å². The standard InChI is InChI=1S/C17H13ClF3NO3/c1-9-16(23)22(2)13-8-11(4-6-15(13)24-9)25-14-5-3-10(7-12(14)18)17(19,20)21/h3-9H,1-2H3. The molecular formula is C17H13ClF3NO3. The van der Waals surface area contributed by atoms with Crippen LogP contribution in [0.3, 0.4) is 0 Å². The number of benzene rings is 2. The Kier molecular flexibility index (Phi) is 4.28. The molecule has 1 aliphatic rings. The molecule has 0 bridgehead atoms. The maximum absolute atomic E-state index is 12.7. The summed E-state index contributed by atoms with van der Waals surface area (Å²) in [6, 6.07) is 7.62. The highest BCUT2D eigenvalue weighted by molar-refractivity contribution is 6.32. The van der Waals surface area contributed by atoms with Crippen LogP contribution in [0.2, 0.25) is 5.02 Å². The number of alkyl halides is 3. The van der Waals surface area contributed by atoms with Crippen molar-refractivity contribution in [3.05, 3.63) is 47.0 Å². The van der Waals surface area contributed by atoms with E-state index in [4.69, 9.17) is 21.1 Å². The Labute approximate surface area is 146 Å². The van der Waals surface area contributed by atoms with Gasteiger partial charge in [-0.15, -0.1) is 0 Å². The van der Waals surface area contributed by atoms with Crippen LogP contribution in [-0.2, 0) is 11.0 Å². The predicted octanol–water partition coefficient (Wildman–Crippen LogP) is 4.89. The van der Waals surface area contributed by atoms with E-state index in [-0.39, 0.29) is 16.7 Å². The highest BCUT2D eigenvalue weighted by Crippen LogP contribution is 2.40. The molecule has 1 amide bonds. The molecule has 25 heavy (non-hydrogen) atoms. The molecule has 0 aliphatic carbocycles. The molecule has 0 N–H and O–H groups in total. The van der Waals surface area contributed by atoms with Crippen LogP contribution in [0.4, 0.5) is 18.9 Å². The van der Waals surface area contributed by atoms with Crippen molar-refractivity contribution in [3.8, 4) is 17.2 Å². The van der Waals surface area contributed by atoms with Gasteiger partial charge in [0.25, 0.3) is 5.91 Å². The summed E-state index contributed by atoms with van der Waals surface area (Å²) >= 11 is 5.89. The number of hydrogen-bond donors (Lipinski definition) is 0. The van der Waals surface area contributed by atoms with Gasteiger partial charge in [-0.3, -0.25) is 4.79 Å². The fourth-order valence-corrected chi connectivity index (χ4v) is 2.66. The van der Waals surface area contributed by atoms with Crippen LogP contribution in [0.25, 0.3) is 0 Å². The number of carbonyl (C=O) groups excluding carboxylic acids is 1. The van der Waals surface area contributed by atoms with Gasteiger partial charge < -0.3 is 14.4 Å². The van der Waals surface area contributed by atoms with Crippen LogP contribution in [0, 0.1) is 0 Å². The SMILES string of the molecule is CC1Oc2ccc(Oc3ccc(C(F)(F)F)cc3Cl)cc2N(C)C1=O. The first-order valence-electron chi connectivity index (χ1n) is 7.29. The van der Waals surface area contributed by atoms with Crippen molar-refractivity contribution in [1.82, 2.24) is 0 Å². The van der Waals surface area contributed by atoms with E-state index in [1.807, 2.05) is 0 Å². The lowest BCUT2D eigenvalue weighted by atomic mass is 10.2. The number of carbonyl (C=O) groups is 1. The molecule has 0 saturated carbocycles. The van der Waals surface area contributed by atoms with E-state index >= 15 is 0 Å². The van der Waals surface area contributed by atoms with Crippen LogP contribution in [0.5, 0.6) is 17.2 Å². The van der Waals surface area contributed by atoms with E-state index in [2.05, 4.69) is 0 Å². The maximum Gasteiger partial charge on any atom is 0.416 e. The molecule has 8 heteroatoms. The summed E-state index contributed by atoms with van der Waals surface area (Å²) in [5.74, 6) is 0.699. The Hall–Kier alpha value is -2.41. The fraction of sp³-hybridized carbons (Fsp3) is 0.235. The molecule has 1 unspecified atom stereocenters. The van der Waals surface area contributed by atoms with Crippen molar-refractivity contribution >= 4 is 23.2 Å². The predicted molar refractivity (Wildman–Crippen MR) is 86.5 cm³/mol. The van der Waals surface area contributed by atoms with E-state index in [0.29, 0.717) is 17.2 Å². The second kappa shape index (κ2) is 6.15. The minimum Gasteiger partial charge on any atom is -0.479 e. The maximum atomic E-state index is 12.7. The molecule has 1 aliphatic heterocycles. The normalized spacial score (nSPS) is 17.1. The van der Waals surface area contributed by atoms with Gasteiger partial charge >= 0.3 is 6.18 Å². The number of likely N-dealkylation sites (N-methyl/N-ethyl adjacent to an activating group) is 1. The number of fused-ring (bicyclic) bond motifs is 1. The summed E-state index contributed by atoms with van der Waals surface area (Å²) in [5.41, 5.74) is -0.355. The zero-order valence-corrected chi connectivity index (χ0v) is 14.0. The van der Waals surface area contributed by atoms with E-state index in [1.165, 1.54) is 4.90 Å². The minimum atomic E-state index is -4.48. The first kappa shape index (κ1) is 17.4. The third-order valence-electron chi connectivity index (χ3n) is 3.76. The van der Waals surface area contributed by atoms with Crippen molar-refractivity contribution in [2.75, 3.05) is 11.9 Å². The summed E-state index contributed by atoms with van der Waals surface area (Å²) < 4.78 is 49.1. The van der Waals surface area contributed by atoms with Crippen molar-refractivity contribution in [3.63, 3.8) is 0 Å². The van der Waals surface area contributed by atoms with Gasteiger partial charge in [-0.25, -0.2) is 0 Å². The Morgan fingerprint density at radius 1 is 1.20 bits per heavy atom.